The highest BCUT2D eigenvalue weighted by Gasteiger charge is 2.19. The predicted octanol–water partition coefficient (Wildman–Crippen LogP) is 1.71. The van der Waals surface area contributed by atoms with Crippen LogP contribution in [0.3, 0.4) is 0 Å². The van der Waals surface area contributed by atoms with E-state index in [-0.39, 0.29) is 6.04 Å². The van der Waals surface area contributed by atoms with E-state index in [1.165, 1.54) is 0 Å². The van der Waals surface area contributed by atoms with Crippen LogP contribution in [0.2, 0.25) is 5.02 Å². The second kappa shape index (κ2) is 4.96. The minimum atomic E-state index is -0.600. The number of hydrogen-bond donors (Lipinski definition) is 1. The number of aromatic nitrogens is 2. The lowest BCUT2D eigenvalue weighted by Gasteiger charge is -2.19. The molecule has 0 aliphatic carbocycles. The minimum Gasteiger partial charge on any atom is -0.385 e. The number of hydrogen-bond acceptors (Lipinski definition) is 3. The van der Waals surface area contributed by atoms with Crippen molar-refractivity contribution in [3.8, 4) is 0 Å². The summed E-state index contributed by atoms with van der Waals surface area (Å²) in [4.78, 5) is 1.92. The first-order chi connectivity index (χ1) is 6.93. The van der Waals surface area contributed by atoms with Gasteiger partial charge < -0.3 is 10.0 Å². The lowest BCUT2D eigenvalue weighted by atomic mass is 10.2. The molecule has 0 bridgehead atoms. The van der Waals surface area contributed by atoms with E-state index in [0.717, 1.165) is 0 Å². The van der Waals surface area contributed by atoms with E-state index >= 15 is 0 Å². The van der Waals surface area contributed by atoms with Crippen molar-refractivity contribution in [1.29, 1.82) is 0 Å². The number of nitrogens with zero attached hydrogens (tertiary/aromatic N) is 3. The molecule has 0 aromatic carbocycles. The van der Waals surface area contributed by atoms with Gasteiger partial charge in [0.05, 0.1) is 16.9 Å². The molecule has 1 unspecified atom stereocenters. The van der Waals surface area contributed by atoms with E-state index < -0.39 is 6.10 Å². The highest BCUT2D eigenvalue weighted by Crippen LogP contribution is 2.25. The Balaban J connectivity index is 2.95. The molecule has 0 aliphatic rings. The Hall–Kier alpha value is -0.580. The average Bonchev–Trinajstić information content (AvgIpc) is 2.45. The maximum Gasteiger partial charge on any atom is 0.110 e. The fourth-order valence-electron chi connectivity index (χ4n) is 1.51. The third-order valence-corrected chi connectivity index (χ3v) is 2.42. The molecule has 4 nitrogen and oxygen atoms in total. The Morgan fingerprint density at radius 1 is 1.53 bits per heavy atom. The van der Waals surface area contributed by atoms with E-state index in [9.17, 15) is 5.11 Å². The van der Waals surface area contributed by atoms with Gasteiger partial charge in [0.25, 0.3) is 0 Å². The van der Waals surface area contributed by atoms with Crippen LogP contribution >= 0.6 is 11.6 Å². The minimum absolute atomic E-state index is 0.198. The standard InChI is InChI=1S/C10H18ClN3O/c1-7(2)14-10(8(11)5-12-14)9(15)6-13(3)4/h5,7,9,15H,6H2,1-4H3. The van der Waals surface area contributed by atoms with Crippen LogP contribution in [0.4, 0.5) is 0 Å². The molecular formula is C10H18ClN3O. The summed E-state index contributed by atoms with van der Waals surface area (Å²) in [5, 5.41) is 14.7. The normalized spacial score (nSPS) is 13.9. The number of likely N-dealkylation sites (N-methyl/N-ethyl adjacent to an activating group) is 1. The molecule has 5 heteroatoms. The average molecular weight is 232 g/mol. The smallest absolute Gasteiger partial charge is 0.110 e. The van der Waals surface area contributed by atoms with Crippen LogP contribution in [0, 0.1) is 0 Å². The van der Waals surface area contributed by atoms with E-state index in [0.29, 0.717) is 17.3 Å². The van der Waals surface area contributed by atoms with E-state index in [1.807, 2.05) is 32.8 Å². The summed E-state index contributed by atoms with van der Waals surface area (Å²) in [5.74, 6) is 0. The Labute approximate surface area is 95.5 Å². The maximum absolute atomic E-state index is 10.0. The third kappa shape index (κ3) is 2.93. The number of aliphatic hydroxyl groups excluding tert-OH is 1. The van der Waals surface area contributed by atoms with Crippen molar-refractivity contribution in [2.75, 3.05) is 20.6 Å². The van der Waals surface area contributed by atoms with Crippen LogP contribution in [-0.4, -0.2) is 40.4 Å². The summed E-state index contributed by atoms with van der Waals surface area (Å²) in [6.45, 7) is 4.56. The summed E-state index contributed by atoms with van der Waals surface area (Å²) in [6.07, 6.45) is 0.980. The van der Waals surface area contributed by atoms with Crippen molar-refractivity contribution >= 4 is 11.6 Å². The van der Waals surface area contributed by atoms with Crippen LogP contribution < -0.4 is 0 Å². The number of rotatable bonds is 4. The van der Waals surface area contributed by atoms with Gasteiger partial charge in [0, 0.05) is 12.6 Å². The molecule has 0 saturated carbocycles. The first-order valence-corrected chi connectivity index (χ1v) is 5.37. The first kappa shape index (κ1) is 12.5. The second-order valence-electron chi connectivity index (χ2n) is 4.19. The lowest BCUT2D eigenvalue weighted by Crippen LogP contribution is -2.23. The Morgan fingerprint density at radius 2 is 2.13 bits per heavy atom. The number of aliphatic hydroxyl groups is 1. The molecule has 0 aliphatic heterocycles. The molecule has 1 aromatic rings. The molecule has 1 atom stereocenters. The van der Waals surface area contributed by atoms with Gasteiger partial charge >= 0.3 is 0 Å². The van der Waals surface area contributed by atoms with Crippen LogP contribution in [0.5, 0.6) is 0 Å². The summed E-state index contributed by atoms with van der Waals surface area (Å²) >= 11 is 6.01. The molecule has 0 saturated heterocycles. The zero-order chi connectivity index (χ0) is 11.6. The van der Waals surface area contributed by atoms with E-state index in [2.05, 4.69) is 5.10 Å². The van der Waals surface area contributed by atoms with Crippen molar-refractivity contribution in [3.63, 3.8) is 0 Å². The fraction of sp³-hybridized carbons (Fsp3) is 0.700. The monoisotopic (exact) mass is 231 g/mol. The highest BCUT2D eigenvalue weighted by molar-refractivity contribution is 6.31. The Kier molecular flexibility index (Phi) is 4.13. The van der Waals surface area contributed by atoms with Gasteiger partial charge in [0.15, 0.2) is 0 Å². The van der Waals surface area contributed by atoms with E-state index in [4.69, 9.17) is 11.6 Å². The van der Waals surface area contributed by atoms with Crippen LogP contribution in [0.25, 0.3) is 0 Å². The van der Waals surface area contributed by atoms with Crippen molar-refractivity contribution in [2.45, 2.75) is 26.0 Å². The summed E-state index contributed by atoms with van der Waals surface area (Å²) < 4.78 is 1.76. The lowest BCUT2D eigenvalue weighted by molar-refractivity contribution is 0.127. The number of halogens is 1. The Morgan fingerprint density at radius 3 is 2.60 bits per heavy atom. The molecule has 1 heterocycles. The SMILES string of the molecule is CC(C)n1ncc(Cl)c1C(O)CN(C)C. The highest BCUT2D eigenvalue weighted by atomic mass is 35.5. The largest absolute Gasteiger partial charge is 0.385 e. The molecule has 1 aromatic heterocycles. The molecule has 15 heavy (non-hydrogen) atoms. The van der Waals surface area contributed by atoms with Crippen molar-refractivity contribution in [2.24, 2.45) is 0 Å². The predicted molar refractivity (Wildman–Crippen MR) is 61.1 cm³/mol. The van der Waals surface area contributed by atoms with E-state index in [1.54, 1.807) is 10.9 Å². The van der Waals surface area contributed by atoms with Gasteiger partial charge in [-0.05, 0) is 27.9 Å². The van der Waals surface area contributed by atoms with Gasteiger partial charge in [-0.25, -0.2) is 0 Å². The molecule has 0 fully saturated rings. The fourth-order valence-corrected chi connectivity index (χ4v) is 1.76. The molecule has 0 amide bonds. The van der Waals surface area contributed by atoms with Crippen LogP contribution in [-0.2, 0) is 0 Å². The Bertz CT molecular complexity index is 322. The van der Waals surface area contributed by atoms with Gasteiger partial charge in [-0.3, -0.25) is 4.68 Å². The van der Waals surface area contributed by atoms with Crippen LogP contribution in [0.1, 0.15) is 31.7 Å². The molecule has 1 N–H and O–H groups in total. The van der Waals surface area contributed by atoms with Gasteiger partial charge in [0.2, 0.25) is 0 Å². The molecule has 86 valence electrons. The summed E-state index contributed by atoms with van der Waals surface area (Å²) in [7, 11) is 3.82. The van der Waals surface area contributed by atoms with Crippen molar-refractivity contribution < 1.29 is 5.11 Å². The molecule has 0 spiro atoms. The van der Waals surface area contributed by atoms with Crippen molar-refractivity contribution in [1.82, 2.24) is 14.7 Å². The van der Waals surface area contributed by atoms with Gasteiger partial charge in [-0.1, -0.05) is 11.6 Å². The molecule has 0 radical (unpaired) electrons. The van der Waals surface area contributed by atoms with Crippen molar-refractivity contribution in [3.05, 3.63) is 16.9 Å². The summed E-state index contributed by atoms with van der Waals surface area (Å²) in [5.41, 5.74) is 0.695. The van der Waals surface area contributed by atoms with Crippen LogP contribution in [0.15, 0.2) is 6.20 Å². The topological polar surface area (TPSA) is 41.3 Å². The summed E-state index contributed by atoms with van der Waals surface area (Å²) in [6, 6.07) is 0.198. The molecule has 1 rings (SSSR count). The quantitative estimate of drug-likeness (QED) is 0.858. The zero-order valence-corrected chi connectivity index (χ0v) is 10.4. The zero-order valence-electron chi connectivity index (χ0n) is 9.61. The molecular weight excluding hydrogens is 214 g/mol. The second-order valence-corrected chi connectivity index (χ2v) is 4.60. The third-order valence-electron chi connectivity index (χ3n) is 2.13. The van der Waals surface area contributed by atoms with Gasteiger partial charge in [0.1, 0.15) is 6.10 Å². The first-order valence-electron chi connectivity index (χ1n) is 4.99. The van der Waals surface area contributed by atoms with Gasteiger partial charge in [-0.2, -0.15) is 5.10 Å². The maximum atomic E-state index is 10.0. The van der Waals surface area contributed by atoms with Gasteiger partial charge in [-0.15, -0.1) is 0 Å².